The fourth-order valence-electron chi connectivity index (χ4n) is 2.51. The van der Waals surface area contributed by atoms with Gasteiger partial charge in [0.25, 0.3) is 0 Å². The Kier molecular flexibility index (Phi) is 5.24. The van der Waals surface area contributed by atoms with Crippen LogP contribution in [0.25, 0.3) is 22.8 Å². The van der Waals surface area contributed by atoms with E-state index in [1.807, 2.05) is 48.5 Å². The number of aromatic amines is 1. The van der Waals surface area contributed by atoms with Crippen molar-refractivity contribution in [2.75, 3.05) is 14.2 Å². The third-order valence-electron chi connectivity index (χ3n) is 3.95. The van der Waals surface area contributed by atoms with Gasteiger partial charge in [-0.05, 0) is 36.4 Å². The molecule has 142 valence electrons. The number of nitrogens with one attached hydrogen (secondary N) is 1. The Morgan fingerprint density at radius 2 is 1.79 bits per heavy atom. The molecule has 0 fully saturated rings. The van der Waals surface area contributed by atoms with Crippen LogP contribution in [0.2, 0.25) is 0 Å². The Bertz CT molecular complexity index is 1060. The van der Waals surface area contributed by atoms with E-state index >= 15 is 0 Å². The molecule has 0 atom stereocenters. The van der Waals surface area contributed by atoms with Gasteiger partial charge in [-0.3, -0.25) is 5.10 Å². The molecule has 0 unspecified atom stereocenters. The van der Waals surface area contributed by atoms with Crippen LogP contribution in [0, 0.1) is 0 Å². The zero-order valence-electron chi connectivity index (χ0n) is 15.2. The van der Waals surface area contributed by atoms with Crippen molar-refractivity contribution in [3.63, 3.8) is 0 Å². The molecule has 2 aromatic carbocycles. The van der Waals surface area contributed by atoms with E-state index in [-0.39, 0.29) is 0 Å². The maximum absolute atomic E-state index is 5.33. The first-order valence-corrected chi connectivity index (χ1v) is 9.40. The number of aromatic nitrogens is 5. The molecule has 28 heavy (non-hydrogen) atoms. The molecule has 0 saturated heterocycles. The average Bonchev–Trinajstić information content (AvgIpc) is 3.42. The van der Waals surface area contributed by atoms with Gasteiger partial charge in [-0.25, -0.2) is 4.98 Å². The molecular formula is C19H17N5O3S. The lowest BCUT2D eigenvalue weighted by Crippen LogP contribution is -1.86. The number of methoxy groups -OCH3 is 2. The van der Waals surface area contributed by atoms with Crippen molar-refractivity contribution in [1.29, 1.82) is 0 Å². The smallest absolute Gasteiger partial charge is 0.237 e. The van der Waals surface area contributed by atoms with Crippen LogP contribution in [0.4, 0.5) is 0 Å². The van der Waals surface area contributed by atoms with Crippen LogP contribution in [0.1, 0.15) is 5.89 Å². The molecule has 2 aromatic heterocycles. The molecule has 0 bridgehead atoms. The minimum Gasteiger partial charge on any atom is -0.497 e. The van der Waals surface area contributed by atoms with E-state index in [2.05, 4.69) is 25.3 Å². The number of thioether (sulfide) groups is 1. The molecule has 4 rings (SSSR count). The van der Waals surface area contributed by atoms with Crippen molar-refractivity contribution in [3.8, 4) is 34.3 Å². The van der Waals surface area contributed by atoms with Gasteiger partial charge < -0.3 is 14.0 Å². The van der Waals surface area contributed by atoms with Crippen LogP contribution in [0.15, 0.2) is 58.2 Å². The number of hydrogen-bond donors (Lipinski definition) is 1. The quantitative estimate of drug-likeness (QED) is 0.471. The van der Waals surface area contributed by atoms with Crippen LogP contribution >= 0.6 is 11.8 Å². The maximum Gasteiger partial charge on any atom is 0.237 e. The van der Waals surface area contributed by atoms with E-state index in [1.54, 1.807) is 14.2 Å². The van der Waals surface area contributed by atoms with Gasteiger partial charge in [-0.2, -0.15) is 4.98 Å². The molecule has 0 spiro atoms. The number of rotatable bonds is 7. The van der Waals surface area contributed by atoms with Crippen LogP contribution < -0.4 is 9.47 Å². The van der Waals surface area contributed by atoms with Gasteiger partial charge >= 0.3 is 0 Å². The third-order valence-corrected chi connectivity index (χ3v) is 4.78. The molecular weight excluding hydrogens is 378 g/mol. The minimum atomic E-state index is 0.469. The summed E-state index contributed by atoms with van der Waals surface area (Å²) in [4.78, 5) is 8.91. The number of hydrogen-bond acceptors (Lipinski definition) is 8. The van der Waals surface area contributed by atoms with Gasteiger partial charge in [0, 0.05) is 11.1 Å². The lowest BCUT2D eigenvalue weighted by atomic mass is 10.2. The second-order valence-corrected chi connectivity index (χ2v) is 6.67. The first kappa shape index (κ1) is 18.1. The Labute approximate surface area is 165 Å². The predicted molar refractivity (Wildman–Crippen MR) is 104 cm³/mol. The SMILES string of the molecule is COc1ccc(-c2nc(SCc3nc(-c4cccc(OC)c4)no3)n[nH]2)cc1. The highest BCUT2D eigenvalue weighted by atomic mass is 32.2. The monoisotopic (exact) mass is 395 g/mol. The molecule has 0 aliphatic carbocycles. The van der Waals surface area contributed by atoms with Gasteiger partial charge in [-0.1, -0.05) is 29.1 Å². The summed E-state index contributed by atoms with van der Waals surface area (Å²) < 4.78 is 15.7. The zero-order valence-corrected chi connectivity index (χ0v) is 16.1. The van der Waals surface area contributed by atoms with Crippen LogP contribution in [0.5, 0.6) is 11.5 Å². The van der Waals surface area contributed by atoms with Gasteiger partial charge in [0.2, 0.25) is 16.9 Å². The first-order chi connectivity index (χ1) is 13.7. The summed E-state index contributed by atoms with van der Waals surface area (Å²) in [5.41, 5.74) is 1.76. The third kappa shape index (κ3) is 3.99. The van der Waals surface area contributed by atoms with E-state index in [0.29, 0.717) is 28.4 Å². The molecule has 0 amide bonds. The molecule has 2 heterocycles. The van der Waals surface area contributed by atoms with Crippen LogP contribution in [0.3, 0.4) is 0 Å². The topological polar surface area (TPSA) is 99.0 Å². The fraction of sp³-hybridized carbons (Fsp3) is 0.158. The molecule has 0 aliphatic rings. The molecule has 1 N–H and O–H groups in total. The molecule has 8 nitrogen and oxygen atoms in total. The fourth-order valence-corrected chi connectivity index (χ4v) is 3.14. The molecule has 9 heteroatoms. The average molecular weight is 395 g/mol. The van der Waals surface area contributed by atoms with Gasteiger partial charge in [-0.15, -0.1) is 5.10 Å². The van der Waals surface area contributed by atoms with Gasteiger partial charge in [0.05, 0.1) is 20.0 Å². The predicted octanol–water partition coefficient (Wildman–Crippen LogP) is 3.83. The Hall–Kier alpha value is -3.33. The zero-order chi connectivity index (χ0) is 19.3. The second kappa shape index (κ2) is 8.13. The lowest BCUT2D eigenvalue weighted by molar-refractivity contribution is 0.391. The molecule has 4 aromatic rings. The summed E-state index contributed by atoms with van der Waals surface area (Å²) in [5, 5.41) is 11.8. The second-order valence-electron chi connectivity index (χ2n) is 5.73. The summed E-state index contributed by atoms with van der Waals surface area (Å²) in [7, 11) is 3.25. The molecule has 0 aliphatic heterocycles. The molecule has 0 saturated carbocycles. The van der Waals surface area contributed by atoms with E-state index in [4.69, 9.17) is 14.0 Å². The summed E-state index contributed by atoms with van der Waals surface area (Å²) in [6, 6.07) is 15.1. The standard InChI is InChI=1S/C19H17N5O3S/c1-25-14-8-6-12(7-9-14)17-21-19(23-22-17)28-11-16-20-18(24-27-16)13-4-3-5-15(10-13)26-2/h3-10H,11H2,1-2H3,(H,21,22,23). The van der Waals surface area contributed by atoms with Crippen LogP contribution in [-0.2, 0) is 5.75 Å². The van der Waals surface area contributed by atoms with E-state index < -0.39 is 0 Å². The Balaban J connectivity index is 1.41. The van der Waals surface area contributed by atoms with Crippen molar-refractivity contribution in [3.05, 3.63) is 54.4 Å². The lowest BCUT2D eigenvalue weighted by Gasteiger charge is -1.99. The van der Waals surface area contributed by atoms with Crippen molar-refractivity contribution >= 4 is 11.8 Å². The summed E-state index contributed by atoms with van der Waals surface area (Å²) >= 11 is 1.41. The summed E-state index contributed by atoms with van der Waals surface area (Å²) in [6.07, 6.45) is 0. The van der Waals surface area contributed by atoms with E-state index in [9.17, 15) is 0 Å². The number of ether oxygens (including phenoxy) is 2. The van der Waals surface area contributed by atoms with Crippen molar-refractivity contribution in [2.24, 2.45) is 0 Å². The summed E-state index contributed by atoms with van der Waals surface area (Å²) in [6.45, 7) is 0. The van der Waals surface area contributed by atoms with E-state index in [0.717, 1.165) is 22.6 Å². The van der Waals surface area contributed by atoms with Gasteiger partial charge in [0.1, 0.15) is 11.5 Å². The molecule has 0 radical (unpaired) electrons. The van der Waals surface area contributed by atoms with Gasteiger partial charge in [0.15, 0.2) is 5.82 Å². The van der Waals surface area contributed by atoms with Crippen molar-refractivity contribution < 1.29 is 14.0 Å². The summed E-state index contributed by atoms with van der Waals surface area (Å²) in [5.74, 6) is 3.71. The van der Waals surface area contributed by atoms with Crippen molar-refractivity contribution in [1.82, 2.24) is 25.3 Å². The highest BCUT2D eigenvalue weighted by Crippen LogP contribution is 2.25. The highest BCUT2D eigenvalue weighted by Gasteiger charge is 2.12. The Morgan fingerprint density at radius 1 is 0.964 bits per heavy atom. The number of benzene rings is 2. The van der Waals surface area contributed by atoms with Crippen molar-refractivity contribution in [2.45, 2.75) is 10.9 Å². The number of nitrogens with zero attached hydrogens (tertiary/aromatic N) is 4. The van der Waals surface area contributed by atoms with Crippen LogP contribution in [-0.4, -0.2) is 39.5 Å². The maximum atomic E-state index is 5.33. The Morgan fingerprint density at radius 3 is 2.57 bits per heavy atom. The normalized spacial score (nSPS) is 10.8. The highest BCUT2D eigenvalue weighted by molar-refractivity contribution is 7.98. The van der Waals surface area contributed by atoms with E-state index in [1.165, 1.54) is 11.8 Å². The minimum absolute atomic E-state index is 0.469. The number of H-pyrrole nitrogens is 1. The first-order valence-electron chi connectivity index (χ1n) is 8.42. The largest absolute Gasteiger partial charge is 0.497 e.